The van der Waals surface area contributed by atoms with Crippen molar-refractivity contribution in [3.63, 3.8) is 0 Å². The summed E-state index contributed by atoms with van der Waals surface area (Å²) in [4.78, 5) is 12.3. The summed E-state index contributed by atoms with van der Waals surface area (Å²) < 4.78 is 0.811. The summed E-state index contributed by atoms with van der Waals surface area (Å²) in [5.74, 6) is 0.316. The second-order valence-corrected chi connectivity index (χ2v) is 6.37. The maximum Gasteiger partial charge on any atom is 0.276 e. The maximum atomic E-state index is 12.3. The molecule has 6 heteroatoms. The van der Waals surface area contributed by atoms with Crippen LogP contribution in [0, 0.1) is 0 Å². The van der Waals surface area contributed by atoms with Gasteiger partial charge in [0.25, 0.3) is 5.91 Å². The lowest BCUT2D eigenvalue weighted by atomic mass is 10.1. The van der Waals surface area contributed by atoms with Crippen molar-refractivity contribution in [2.75, 3.05) is 10.6 Å². The van der Waals surface area contributed by atoms with Crippen molar-refractivity contribution in [3.05, 3.63) is 82.5 Å². The summed E-state index contributed by atoms with van der Waals surface area (Å²) in [6.45, 7) is 2.05. The number of rotatable bonds is 5. The first-order valence-corrected chi connectivity index (χ1v) is 8.64. The lowest BCUT2D eigenvalue weighted by molar-refractivity contribution is 0.102. The monoisotopic (exact) mass is 396 g/mol. The van der Waals surface area contributed by atoms with Crippen molar-refractivity contribution < 1.29 is 4.79 Å². The first kappa shape index (κ1) is 17.1. The number of carbonyl (C=O) groups excluding carboxylic acids is 1. The van der Waals surface area contributed by atoms with Gasteiger partial charge in [-0.1, -0.05) is 42.5 Å². The first-order valence-electron chi connectivity index (χ1n) is 7.84. The standard InChI is InChI=1S/C19H17BrN4O/c1-13(14-7-3-2-4-8-14)21-18-12-11-17(23-24-18)19(25)22-16-10-6-5-9-15(16)20/h2-13H,1H3,(H,21,24)(H,22,25). The molecular formula is C19H17BrN4O. The predicted octanol–water partition coefficient (Wildman–Crippen LogP) is 4.66. The molecule has 1 heterocycles. The number of nitrogens with one attached hydrogen (secondary N) is 2. The Kier molecular flexibility index (Phi) is 5.40. The molecule has 0 bridgehead atoms. The molecule has 0 saturated carbocycles. The van der Waals surface area contributed by atoms with Crippen molar-refractivity contribution in [1.82, 2.24) is 10.2 Å². The van der Waals surface area contributed by atoms with Gasteiger partial charge in [-0.2, -0.15) is 0 Å². The number of aromatic nitrogens is 2. The van der Waals surface area contributed by atoms with E-state index in [-0.39, 0.29) is 17.6 Å². The Hall–Kier alpha value is -2.73. The summed E-state index contributed by atoms with van der Waals surface area (Å²) in [6, 6.07) is 21.0. The van der Waals surface area contributed by atoms with Gasteiger partial charge in [-0.3, -0.25) is 4.79 Å². The third kappa shape index (κ3) is 4.42. The number of hydrogen-bond acceptors (Lipinski definition) is 4. The Morgan fingerprint density at radius 3 is 2.36 bits per heavy atom. The van der Waals surface area contributed by atoms with Gasteiger partial charge in [0.1, 0.15) is 5.82 Å². The van der Waals surface area contributed by atoms with Gasteiger partial charge < -0.3 is 10.6 Å². The van der Waals surface area contributed by atoms with E-state index in [0.717, 1.165) is 10.0 Å². The molecule has 1 aromatic heterocycles. The number of hydrogen-bond donors (Lipinski definition) is 2. The van der Waals surface area contributed by atoms with Crippen LogP contribution in [-0.4, -0.2) is 16.1 Å². The minimum atomic E-state index is -0.304. The molecule has 3 rings (SSSR count). The molecule has 25 heavy (non-hydrogen) atoms. The topological polar surface area (TPSA) is 66.9 Å². The second kappa shape index (κ2) is 7.90. The van der Waals surface area contributed by atoms with Crippen LogP contribution in [0.5, 0.6) is 0 Å². The van der Waals surface area contributed by atoms with Gasteiger partial charge in [0.2, 0.25) is 0 Å². The Morgan fingerprint density at radius 1 is 0.960 bits per heavy atom. The van der Waals surface area contributed by atoms with Gasteiger partial charge in [-0.05, 0) is 52.7 Å². The van der Waals surface area contributed by atoms with Crippen LogP contribution < -0.4 is 10.6 Å². The van der Waals surface area contributed by atoms with Crippen LogP contribution in [0.4, 0.5) is 11.5 Å². The highest BCUT2D eigenvalue weighted by Crippen LogP contribution is 2.22. The fourth-order valence-electron chi connectivity index (χ4n) is 2.33. The summed E-state index contributed by atoms with van der Waals surface area (Å²) in [5.41, 5.74) is 2.10. The highest BCUT2D eigenvalue weighted by molar-refractivity contribution is 9.10. The van der Waals surface area contributed by atoms with E-state index in [1.807, 2.05) is 61.5 Å². The molecular weight excluding hydrogens is 380 g/mol. The number of halogens is 1. The zero-order valence-corrected chi connectivity index (χ0v) is 15.2. The molecule has 2 aromatic carbocycles. The molecule has 1 atom stereocenters. The number of anilines is 2. The van der Waals surface area contributed by atoms with Gasteiger partial charge in [0, 0.05) is 10.5 Å². The van der Waals surface area contributed by atoms with Gasteiger partial charge in [-0.15, -0.1) is 10.2 Å². The predicted molar refractivity (Wildman–Crippen MR) is 103 cm³/mol. The Morgan fingerprint density at radius 2 is 1.68 bits per heavy atom. The average molecular weight is 397 g/mol. The number of carbonyl (C=O) groups is 1. The fraction of sp³-hybridized carbons (Fsp3) is 0.105. The molecule has 2 N–H and O–H groups in total. The lowest BCUT2D eigenvalue weighted by Crippen LogP contribution is -2.15. The van der Waals surface area contributed by atoms with Crippen LogP contribution in [0.2, 0.25) is 0 Å². The van der Waals surface area contributed by atoms with E-state index in [1.54, 1.807) is 12.1 Å². The van der Waals surface area contributed by atoms with Crippen molar-refractivity contribution in [3.8, 4) is 0 Å². The molecule has 0 saturated heterocycles. The summed E-state index contributed by atoms with van der Waals surface area (Å²) in [7, 11) is 0. The second-order valence-electron chi connectivity index (χ2n) is 5.51. The minimum absolute atomic E-state index is 0.0930. The van der Waals surface area contributed by atoms with E-state index in [0.29, 0.717) is 11.5 Å². The average Bonchev–Trinajstić information content (AvgIpc) is 2.65. The van der Waals surface area contributed by atoms with E-state index < -0.39 is 0 Å². The fourth-order valence-corrected chi connectivity index (χ4v) is 2.71. The Bertz CT molecular complexity index is 853. The minimum Gasteiger partial charge on any atom is -0.362 e. The van der Waals surface area contributed by atoms with Crippen LogP contribution in [-0.2, 0) is 0 Å². The molecule has 0 spiro atoms. The molecule has 5 nitrogen and oxygen atoms in total. The Balaban J connectivity index is 1.66. The molecule has 0 aliphatic rings. The molecule has 0 radical (unpaired) electrons. The lowest BCUT2D eigenvalue weighted by Gasteiger charge is -2.14. The van der Waals surface area contributed by atoms with Gasteiger partial charge in [-0.25, -0.2) is 0 Å². The van der Waals surface area contributed by atoms with E-state index in [9.17, 15) is 4.79 Å². The number of para-hydroxylation sites is 1. The first-order chi connectivity index (χ1) is 12.1. The highest BCUT2D eigenvalue weighted by Gasteiger charge is 2.11. The molecule has 126 valence electrons. The summed E-state index contributed by atoms with van der Waals surface area (Å²) in [5, 5.41) is 14.2. The van der Waals surface area contributed by atoms with Crippen LogP contribution in [0.1, 0.15) is 29.0 Å². The van der Waals surface area contributed by atoms with Gasteiger partial charge in [0.15, 0.2) is 5.69 Å². The van der Waals surface area contributed by atoms with Crippen molar-refractivity contribution >= 4 is 33.3 Å². The van der Waals surface area contributed by atoms with Crippen molar-refractivity contribution in [1.29, 1.82) is 0 Å². The zero-order valence-electron chi connectivity index (χ0n) is 13.6. The quantitative estimate of drug-likeness (QED) is 0.657. The van der Waals surface area contributed by atoms with Crippen LogP contribution in [0.3, 0.4) is 0 Å². The van der Waals surface area contributed by atoms with E-state index in [2.05, 4.69) is 36.8 Å². The summed E-state index contributed by atoms with van der Waals surface area (Å²) >= 11 is 3.40. The third-order valence-electron chi connectivity index (χ3n) is 3.68. The Labute approximate surface area is 154 Å². The maximum absolute atomic E-state index is 12.3. The SMILES string of the molecule is CC(Nc1ccc(C(=O)Nc2ccccc2Br)nn1)c1ccccc1. The van der Waals surface area contributed by atoms with Crippen molar-refractivity contribution in [2.45, 2.75) is 13.0 Å². The molecule has 0 aliphatic carbocycles. The van der Waals surface area contributed by atoms with Crippen LogP contribution in [0.15, 0.2) is 71.2 Å². The van der Waals surface area contributed by atoms with Gasteiger partial charge in [0.05, 0.1) is 5.69 Å². The number of benzene rings is 2. The van der Waals surface area contributed by atoms with Crippen LogP contribution in [0.25, 0.3) is 0 Å². The van der Waals surface area contributed by atoms with Crippen LogP contribution >= 0.6 is 15.9 Å². The third-order valence-corrected chi connectivity index (χ3v) is 4.37. The summed E-state index contributed by atoms with van der Waals surface area (Å²) in [6.07, 6.45) is 0. The van der Waals surface area contributed by atoms with E-state index >= 15 is 0 Å². The zero-order chi connectivity index (χ0) is 17.6. The molecule has 3 aromatic rings. The normalized spacial score (nSPS) is 11.6. The number of nitrogens with zero attached hydrogens (tertiary/aromatic N) is 2. The molecule has 1 unspecified atom stereocenters. The van der Waals surface area contributed by atoms with Gasteiger partial charge >= 0.3 is 0 Å². The smallest absolute Gasteiger partial charge is 0.276 e. The number of amides is 1. The van der Waals surface area contributed by atoms with E-state index in [4.69, 9.17) is 0 Å². The molecule has 0 fully saturated rings. The van der Waals surface area contributed by atoms with E-state index in [1.165, 1.54) is 0 Å². The highest BCUT2D eigenvalue weighted by atomic mass is 79.9. The molecule has 0 aliphatic heterocycles. The van der Waals surface area contributed by atoms with Crippen molar-refractivity contribution in [2.24, 2.45) is 0 Å². The largest absolute Gasteiger partial charge is 0.362 e. The molecule has 1 amide bonds.